The summed E-state index contributed by atoms with van der Waals surface area (Å²) >= 11 is 1.15. The Morgan fingerprint density at radius 3 is 2.42 bits per heavy atom. The summed E-state index contributed by atoms with van der Waals surface area (Å²) in [4.78, 5) is 24.2. The van der Waals surface area contributed by atoms with E-state index in [2.05, 4.69) is 10.6 Å². The van der Waals surface area contributed by atoms with Crippen LogP contribution in [0.4, 0.5) is 5.69 Å². The SMILES string of the molecule is CCC(Sc1c(=O)o[nH][n+]1C)C(=O)Nc1cc(OC)cc(OC)c1. The number of ether oxygens (including phenoxy) is 2. The van der Waals surface area contributed by atoms with Crippen LogP contribution in [0.5, 0.6) is 11.5 Å². The Hall–Kier alpha value is -2.42. The molecule has 8 nitrogen and oxygen atoms in total. The standard InChI is InChI=1S/C15H19N3O5S/c1-5-12(24-14-15(20)23-17-18(14)2)13(19)16-9-6-10(21-3)8-11(7-9)22-4/h6-8,12H,5H2,1-4H3,(H-,16,17,19,20)/p+1. The number of nitrogens with zero attached hydrogens (tertiary/aromatic N) is 1. The monoisotopic (exact) mass is 354 g/mol. The highest BCUT2D eigenvalue weighted by Gasteiger charge is 2.27. The fraction of sp³-hybridized carbons (Fsp3) is 0.400. The number of carbonyl (C=O) groups is 1. The summed E-state index contributed by atoms with van der Waals surface area (Å²) in [6.07, 6.45) is 0.544. The van der Waals surface area contributed by atoms with Crippen LogP contribution in [0.1, 0.15) is 13.3 Å². The van der Waals surface area contributed by atoms with Gasteiger partial charge in [-0.25, -0.2) is 4.79 Å². The van der Waals surface area contributed by atoms with Gasteiger partial charge in [0.05, 0.1) is 19.5 Å². The minimum absolute atomic E-state index is 0.224. The molecule has 2 rings (SSSR count). The van der Waals surface area contributed by atoms with Crippen LogP contribution in [0.3, 0.4) is 0 Å². The molecule has 0 saturated carbocycles. The van der Waals surface area contributed by atoms with Gasteiger partial charge >= 0.3 is 10.7 Å². The highest BCUT2D eigenvalue weighted by atomic mass is 32.2. The van der Waals surface area contributed by atoms with E-state index in [0.29, 0.717) is 28.6 Å². The number of aryl methyl sites for hydroxylation is 1. The van der Waals surface area contributed by atoms with Crippen LogP contribution >= 0.6 is 11.8 Å². The maximum atomic E-state index is 12.5. The average Bonchev–Trinajstić information content (AvgIpc) is 2.90. The summed E-state index contributed by atoms with van der Waals surface area (Å²) in [6.45, 7) is 1.87. The van der Waals surface area contributed by atoms with Crippen LogP contribution in [-0.4, -0.2) is 30.6 Å². The van der Waals surface area contributed by atoms with Gasteiger partial charge in [0.15, 0.2) is 7.05 Å². The molecule has 0 aliphatic heterocycles. The molecular weight excluding hydrogens is 334 g/mol. The normalized spacial score (nSPS) is 11.8. The number of methoxy groups -OCH3 is 2. The third kappa shape index (κ3) is 4.10. The van der Waals surface area contributed by atoms with Gasteiger partial charge in [0.2, 0.25) is 5.91 Å². The van der Waals surface area contributed by atoms with E-state index in [1.807, 2.05) is 6.92 Å². The summed E-state index contributed by atoms with van der Waals surface area (Å²) < 4.78 is 16.5. The number of benzene rings is 1. The molecule has 1 aromatic heterocycles. The molecule has 0 fully saturated rings. The van der Waals surface area contributed by atoms with E-state index in [1.165, 1.54) is 18.9 Å². The number of hydrogen-bond donors (Lipinski definition) is 2. The zero-order chi connectivity index (χ0) is 17.7. The van der Waals surface area contributed by atoms with Crippen molar-refractivity contribution in [3.05, 3.63) is 28.6 Å². The first-order valence-corrected chi connectivity index (χ1v) is 8.14. The van der Waals surface area contributed by atoms with Crippen molar-refractivity contribution in [1.82, 2.24) is 5.27 Å². The number of thioether (sulfide) groups is 1. The predicted molar refractivity (Wildman–Crippen MR) is 88.6 cm³/mol. The predicted octanol–water partition coefficient (Wildman–Crippen LogP) is 1.32. The molecule has 1 atom stereocenters. The highest BCUT2D eigenvalue weighted by Crippen LogP contribution is 2.27. The largest absolute Gasteiger partial charge is 0.497 e. The first-order chi connectivity index (χ1) is 11.5. The second-order valence-corrected chi connectivity index (χ2v) is 6.14. The van der Waals surface area contributed by atoms with Crippen molar-refractivity contribution in [2.45, 2.75) is 23.6 Å². The van der Waals surface area contributed by atoms with Gasteiger partial charge in [0, 0.05) is 23.9 Å². The van der Waals surface area contributed by atoms with Crippen LogP contribution in [0.15, 0.2) is 32.5 Å². The van der Waals surface area contributed by atoms with E-state index in [-0.39, 0.29) is 5.91 Å². The zero-order valence-corrected chi connectivity index (χ0v) is 14.7. The van der Waals surface area contributed by atoms with Crippen LogP contribution in [-0.2, 0) is 11.8 Å². The fourth-order valence-corrected chi connectivity index (χ4v) is 2.95. The second-order valence-electron chi connectivity index (χ2n) is 4.95. The van der Waals surface area contributed by atoms with Crippen molar-refractivity contribution in [3.63, 3.8) is 0 Å². The summed E-state index contributed by atoms with van der Waals surface area (Å²) in [6, 6.07) is 5.11. The molecule has 0 aliphatic rings. The highest BCUT2D eigenvalue weighted by molar-refractivity contribution is 8.00. The third-order valence-corrected chi connectivity index (χ3v) is 4.79. The Kier molecular flexibility index (Phi) is 5.91. The molecule has 2 N–H and O–H groups in total. The minimum atomic E-state index is -0.503. The molecule has 1 amide bonds. The molecule has 0 radical (unpaired) electrons. The summed E-state index contributed by atoms with van der Waals surface area (Å²) in [5.41, 5.74) is 0.0533. The Bertz CT molecular complexity index is 748. The Balaban J connectivity index is 2.16. The molecule has 9 heteroatoms. The Labute approximate surface area is 143 Å². The van der Waals surface area contributed by atoms with Gasteiger partial charge in [0.25, 0.3) is 0 Å². The Morgan fingerprint density at radius 1 is 1.33 bits per heavy atom. The average molecular weight is 354 g/mol. The third-order valence-electron chi connectivity index (χ3n) is 3.29. The molecule has 24 heavy (non-hydrogen) atoms. The maximum absolute atomic E-state index is 12.5. The van der Waals surface area contributed by atoms with Crippen LogP contribution in [0.2, 0.25) is 0 Å². The quantitative estimate of drug-likeness (QED) is 0.575. The molecule has 1 unspecified atom stereocenters. The molecule has 2 aromatic rings. The van der Waals surface area contributed by atoms with Gasteiger partial charge in [0.1, 0.15) is 11.5 Å². The van der Waals surface area contributed by atoms with E-state index >= 15 is 0 Å². The van der Waals surface area contributed by atoms with Gasteiger partial charge in [-0.3, -0.25) is 9.32 Å². The van der Waals surface area contributed by atoms with Crippen molar-refractivity contribution < 1.29 is 23.5 Å². The number of H-pyrrole nitrogens is 1. The van der Waals surface area contributed by atoms with E-state index in [1.54, 1.807) is 25.2 Å². The molecule has 0 bridgehead atoms. The number of amides is 1. The van der Waals surface area contributed by atoms with Crippen molar-refractivity contribution in [1.29, 1.82) is 0 Å². The van der Waals surface area contributed by atoms with Crippen molar-refractivity contribution in [3.8, 4) is 11.5 Å². The zero-order valence-electron chi connectivity index (χ0n) is 13.9. The van der Waals surface area contributed by atoms with Crippen molar-refractivity contribution in [2.24, 2.45) is 7.05 Å². The number of nitrogens with one attached hydrogen (secondary N) is 2. The summed E-state index contributed by atoms with van der Waals surface area (Å²) in [5, 5.41) is 5.13. The molecule has 1 aromatic carbocycles. The lowest BCUT2D eigenvalue weighted by molar-refractivity contribution is -0.772. The number of hydrogen-bond acceptors (Lipinski definition) is 6. The van der Waals surface area contributed by atoms with E-state index < -0.39 is 10.9 Å². The lowest BCUT2D eigenvalue weighted by Crippen LogP contribution is -2.35. The number of aromatic nitrogens is 2. The van der Waals surface area contributed by atoms with Crippen molar-refractivity contribution in [2.75, 3.05) is 19.5 Å². The van der Waals surface area contributed by atoms with E-state index in [0.717, 1.165) is 11.8 Å². The van der Waals surface area contributed by atoms with Crippen LogP contribution < -0.4 is 25.1 Å². The topological polar surface area (TPSA) is 97.4 Å². The van der Waals surface area contributed by atoms with Gasteiger partial charge in [-0.05, 0) is 23.5 Å². The first-order valence-electron chi connectivity index (χ1n) is 7.26. The molecule has 0 aliphatic carbocycles. The van der Waals surface area contributed by atoms with Crippen LogP contribution in [0.25, 0.3) is 0 Å². The summed E-state index contributed by atoms with van der Waals surface area (Å²) in [5.74, 6) is 0.921. The summed E-state index contributed by atoms with van der Waals surface area (Å²) in [7, 11) is 4.72. The van der Waals surface area contributed by atoms with Gasteiger partial charge < -0.3 is 14.8 Å². The number of aromatic amines is 1. The van der Waals surface area contributed by atoms with Crippen molar-refractivity contribution >= 4 is 23.4 Å². The number of rotatable bonds is 7. The maximum Gasteiger partial charge on any atom is 0.441 e. The van der Waals surface area contributed by atoms with E-state index in [4.69, 9.17) is 14.0 Å². The molecule has 130 valence electrons. The minimum Gasteiger partial charge on any atom is -0.497 e. The molecular formula is C15H20N3O5S+. The first kappa shape index (κ1) is 17.9. The van der Waals surface area contributed by atoms with E-state index in [9.17, 15) is 9.59 Å². The van der Waals surface area contributed by atoms with Gasteiger partial charge in [-0.1, -0.05) is 11.6 Å². The lowest BCUT2D eigenvalue weighted by Gasteiger charge is -2.13. The number of carbonyl (C=O) groups excluding carboxylic acids is 1. The second kappa shape index (κ2) is 7.91. The molecule has 0 saturated heterocycles. The van der Waals surface area contributed by atoms with Gasteiger partial charge in [-0.15, -0.1) is 0 Å². The molecule has 1 heterocycles. The number of anilines is 1. The fourth-order valence-electron chi connectivity index (χ4n) is 2.02. The smallest absolute Gasteiger partial charge is 0.441 e. The Morgan fingerprint density at radius 2 is 1.96 bits per heavy atom. The van der Waals surface area contributed by atoms with Crippen LogP contribution in [0, 0.1) is 0 Å². The van der Waals surface area contributed by atoms with Gasteiger partial charge in [-0.2, -0.15) is 0 Å². The molecule has 0 spiro atoms. The lowest BCUT2D eigenvalue weighted by atomic mass is 10.2.